The van der Waals surface area contributed by atoms with Crippen LogP contribution in [0.15, 0.2) is 93.2 Å². The minimum absolute atomic E-state index is 0.00316. The molecule has 0 amide bonds. The van der Waals surface area contributed by atoms with Gasteiger partial charge in [0.05, 0.1) is 12.8 Å². The van der Waals surface area contributed by atoms with Gasteiger partial charge in [-0.3, -0.25) is 9.59 Å². The monoisotopic (exact) mass is 663 g/mol. The number of hydrogen-bond acceptors (Lipinski definition) is 4. The summed E-state index contributed by atoms with van der Waals surface area (Å²) < 4.78 is 11.9. The molecule has 0 radical (unpaired) electrons. The molecule has 4 heteroatoms. The number of carbonyl (C=O) groups is 2. The minimum Gasteiger partial charge on any atom is -0.458 e. The molecule has 0 aromatic rings. The molecule has 0 saturated carbocycles. The zero-order valence-electron chi connectivity index (χ0n) is 32.9. The van der Waals surface area contributed by atoms with E-state index in [0.717, 1.165) is 51.4 Å². The second kappa shape index (κ2) is 26.8. The van der Waals surface area contributed by atoms with Gasteiger partial charge in [-0.15, -0.1) is 0 Å². The van der Waals surface area contributed by atoms with Gasteiger partial charge in [0.1, 0.15) is 12.2 Å². The molecular formula is C44H70O4. The van der Waals surface area contributed by atoms with Crippen LogP contribution >= 0.6 is 0 Å². The molecule has 0 heterocycles. The molecule has 0 N–H and O–H groups in total. The predicted molar refractivity (Wildman–Crippen MR) is 208 cm³/mol. The highest BCUT2D eigenvalue weighted by atomic mass is 16.5. The molecule has 0 aliphatic heterocycles. The number of esters is 2. The summed E-state index contributed by atoms with van der Waals surface area (Å²) in [5, 5.41) is 0. The molecule has 4 nitrogen and oxygen atoms in total. The molecule has 0 aromatic carbocycles. The second-order valence-electron chi connectivity index (χ2n) is 14.4. The average molecular weight is 663 g/mol. The molecule has 2 atom stereocenters. The van der Waals surface area contributed by atoms with Crippen LogP contribution in [0.4, 0.5) is 0 Å². The van der Waals surface area contributed by atoms with Crippen molar-refractivity contribution in [3.8, 4) is 0 Å². The lowest BCUT2D eigenvalue weighted by Crippen LogP contribution is -2.20. The Hall–Kier alpha value is -3.14. The fourth-order valence-electron chi connectivity index (χ4n) is 4.95. The SMILES string of the molecule is CC(C)=CCCC(C)=CCC(C=C(C)CCC=C(C)C)OC(=O)CCC(=O)OC(C=C(C)CCC=C(C)C)CC=C(C)CCC=C(C)C. The summed E-state index contributed by atoms with van der Waals surface area (Å²) >= 11 is 0. The van der Waals surface area contributed by atoms with Crippen LogP contribution in [0.25, 0.3) is 0 Å². The molecule has 0 spiro atoms. The number of rotatable bonds is 23. The van der Waals surface area contributed by atoms with E-state index in [1.54, 1.807) is 0 Å². The van der Waals surface area contributed by atoms with Crippen molar-refractivity contribution in [2.75, 3.05) is 0 Å². The molecule has 48 heavy (non-hydrogen) atoms. The Kier molecular flexibility index (Phi) is 25.0. The summed E-state index contributed by atoms with van der Waals surface area (Å²) in [5.41, 5.74) is 10.2. The number of hydrogen-bond donors (Lipinski definition) is 0. The van der Waals surface area contributed by atoms with E-state index in [9.17, 15) is 9.59 Å². The molecule has 0 fully saturated rings. The lowest BCUT2D eigenvalue weighted by molar-refractivity contribution is -0.153. The van der Waals surface area contributed by atoms with Gasteiger partial charge in [-0.25, -0.2) is 0 Å². The van der Waals surface area contributed by atoms with E-state index in [-0.39, 0.29) is 37.0 Å². The van der Waals surface area contributed by atoms with Crippen molar-refractivity contribution in [1.29, 1.82) is 0 Å². The van der Waals surface area contributed by atoms with Gasteiger partial charge in [0.25, 0.3) is 0 Å². The lowest BCUT2D eigenvalue weighted by atomic mass is 10.0. The zero-order valence-corrected chi connectivity index (χ0v) is 32.9. The number of allylic oxidation sites excluding steroid dienone is 12. The van der Waals surface area contributed by atoms with Gasteiger partial charge in [0.15, 0.2) is 0 Å². The smallest absolute Gasteiger partial charge is 0.306 e. The fourth-order valence-corrected chi connectivity index (χ4v) is 4.95. The Morgan fingerprint density at radius 3 is 0.938 bits per heavy atom. The lowest BCUT2D eigenvalue weighted by Gasteiger charge is -2.17. The van der Waals surface area contributed by atoms with E-state index in [1.807, 2.05) is 0 Å². The topological polar surface area (TPSA) is 52.6 Å². The first-order chi connectivity index (χ1) is 22.6. The van der Waals surface area contributed by atoms with Crippen molar-refractivity contribution in [2.45, 2.75) is 172 Å². The third-order valence-electron chi connectivity index (χ3n) is 7.80. The number of carbonyl (C=O) groups excluding carboxylic acids is 2. The van der Waals surface area contributed by atoms with Crippen LogP contribution in [0.3, 0.4) is 0 Å². The molecule has 0 saturated heterocycles. The standard InChI is InChI=1S/C44H70O4/c1-33(2)17-13-21-37(9)25-27-41(31-39(11)23-15-19-35(5)6)47-43(45)29-30-44(46)48-42(32-40(12)24-16-20-36(7)8)28-26-38(10)22-14-18-34(3)4/h17-20,25-26,31-32,41-42H,13-16,21-24,27-30H2,1-12H3. The van der Waals surface area contributed by atoms with E-state index >= 15 is 0 Å². The summed E-state index contributed by atoms with van der Waals surface area (Å²) in [7, 11) is 0. The third-order valence-corrected chi connectivity index (χ3v) is 7.80. The van der Waals surface area contributed by atoms with Crippen LogP contribution in [-0.4, -0.2) is 24.1 Å². The van der Waals surface area contributed by atoms with Gasteiger partial charge < -0.3 is 9.47 Å². The first-order valence-electron chi connectivity index (χ1n) is 18.2. The van der Waals surface area contributed by atoms with E-state index < -0.39 is 0 Å². The van der Waals surface area contributed by atoms with Crippen molar-refractivity contribution >= 4 is 11.9 Å². The summed E-state index contributed by atoms with van der Waals surface area (Å²) in [6, 6.07) is 0. The largest absolute Gasteiger partial charge is 0.458 e. The van der Waals surface area contributed by atoms with Crippen molar-refractivity contribution in [3.63, 3.8) is 0 Å². The average Bonchev–Trinajstić information content (AvgIpc) is 2.96. The van der Waals surface area contributed by atoms with Crippen LogP contribution in [0.1, 0.15) is 160 Å². The van der Waals surface area contributed by atoms with Crippen LogP contribution in [-0.2, 0) is 19.1 Å². The molecule has 270 valence electrons. The highest BCUT2D eigenvalue weighted by molar-refractivity contribution is 5.78. The van der Waals surface area contributed by atoms with E-state index in [1.165, 1.54) is 44.6 Å². The van der Waals surface area contributed by atoms with Gasteiger partial charge in [-0.1, -0.05) is 81.0 Å². The van der Waals surface area contributed by atoms with E-state index in [0.29, 0.717) is 12.8 Å². The molecule has 0 bridgehead atoms. The third kappa shape index (κ3) is 27.9. The Morgan fingerprint density at radius 2 is 0.667 bits per heavy atom. The van der Waals surface area contributed by atoms with Gasteiger partial charge >= 0.3 is 11.9 Å². The maximum atomic E-state index is 13.0. The van der Waals surface area contributed by atoms with Crippen LogP contribution in [0, 0.1) is 0 Å². The van der Waals surface area contributed by atoms with Gasteiger partial charge in [0.2, 0.25) is 0 Å². The zero-order chi connectivity index (χ0) is 36.5. The van der Waals surface area contributed by atoms with Crippen molar-refractivity contribution in [2.24, 2.45) is 0 Å². The minimum atomic E-state index is -0.374. The molecule has 0 aliphatic rings. The highest BCUT2D eigenvalue weighted by Crippen LogP contribution is 2.18. The van der Waals surface area contributed by atoms with Crippen LogP contribution in [0.5, 0.6) is 0 Å². The highest BCUT2D eigenvalue weighted by Gasteiger charge is 2.17. The first kappa shape index (κ1) is 44.9. The van der Waals surface area contributed by atoms with Crippen molar-refractivity contribution < 1.29 is 19.1 Å². The van der Waals surface area contributed by atoms with Crippen LogP contribution < -0.4 is 0 Å². The summed E-state index contributed by atoms with van der Waals surface area (Å²) in [6.07, 6.45) is 25.7. The van der Waals surface area contributed by atoms with Gasteiger partial charge in [0, 0.05) is 12.8 Å². The molecule has 0 rings (SSSR count). The Morgan fingerprint density at radius 1 is 0.396 bits per heavy atom. The fraction of sp³-hybridized carbons (Fsp3) is 0.591. The summed E-state index contributed by atoms with van der Waals surface area (Å²) in [5.74, 6) is -0.748. The molecular weight excluding hydrogens is 592 g/mol. The molecule has 0 aromatic heterocycles. The second-order valence-corrected chi connectivity index (χ2v) is 14.4. The maximum absolute atomic E-state index is 13.0. The Balaban J connectivity index is 5.55. The first-order valence-corrected chi connectivity index (χ1v) is 18.2. The number of ether oxygens (including phenoxy) is 2. The van der Waals surface area contributed by atoms with E-state index in [2.05, 4.69) is 132 Å². The summed E-state index contributed by atoms with van der Waals surface area (Å²) in [4.78, 5) is 26.0. The Labute approximate surface area is 295 Å². The van der Waals surface area contributed by atoms with Crippen molar-refractivity contribution in [1.82, 2.24) is 0 Å². The molecule has 0 aliphatic carbocycles. The Bertz CT molecular complexity index is 1120. The van der Waals surface area contributed by atoms with Crippen molar-refractivity contribution in [3.05, 3.63) is 93.2 Å². The predicted octanol–water partition coefficient (Wildman–Crippen LogP) is 13.1. The maximum Gasteiger partial charge on any atom is 0.306 e. The van der Waals surface area contributed by atoms with E-state index in [4.69, 9.17) is 9.47 Å². The van der Waals surface area contributed by atoms with Crippen LogP contribution in [0.2, 0.25) is 0 Å². The van der Waals surface area contributed by atoms with Gasteiger partial charge in [-0.05, 0) is 147 Å². The molecule has 2 unspecified atom stereocenters. The van der Waals surface area contributed by atoms with Gasteiger partial charge in [-0.2, -0.15) is 0 Å². The summed E-state index contributed by atoms with van der Waals surface area (Å²) in [6.45, 7) is 25.3. The quantitative estimate of drug-likeness (QED) is 0.0807. The normalized spacial score (nSPS) is 13.7.